The third-order valence-electron chi connectivity index (χ3n) is 3.35. The van der Waals surface area contributed by atoms with E-state index >= 15 is 0 Å². The number of carbonyl (C=O) groups is 3. The van der Waals surface area contributed by atoms with Gasteiger partial charge in [-0.05, 0) is 12.8 Å². The Morgan fingerprint density at radius 3 is 1.95 bits per heavy atom. The molecule has 20 heavy (non-hydrogen) atoms. The van der Waals surface area contributed by atoms with Gasteiger partial charge in [-0.2, -0.15) is 0 Å². The Kier molecular flexibility index (Phi) is 13.0. The summed E-state index contributed by atoms with van der Waals surface area (Å²) in [4.78, 5) is 32.4. The number of amides is 2. The van der Waals surface area contributed by atoms with E-state index < -0.39 is 5.91 Å². The van der Waals surface area contributed by atoms with E-state index in [1.54, 1.807) is 0 Å². The summed E-state index contributed by atoms with van der Waals surface area (Å²) in [7, 11) is 2.15. The predicted octanol–water partition coefficient (Wildman–Crippen LogP) is -1.73. The van der Waals surface area contributed by atoms with E-state index in [9.17, 15) is 14.4 Å². The molecule has 5 nitrogen and oxygen atoms in total. The molecule has 0 spiro atoms. The van der Waals surface area contributed by atoms with Gasteiger partial charge >= 0.3 is 0 Å². The zero-order chi connectivity index (χ0) is 14.7. The van der Waals surface area contributed by atoms with E-state index in [-0.39, 0.29) is 35.6 Å². The number of quaternary nitrogens is 1. The Bertz CT molecular complexity index is 301. The Hall–Kier alpha value is -0.750. The highest BCUT2D eigenvalue weighted by Gasteiger charge is 2.22. The molecule has 0 aromatic heterocycles. The lowest BCUT2D eigenvalue weighted by Gasteiger charge is -2.34. The summed E-state index contributed by atoms with van der Waals surface area (Å²) < 4.78 is 0.852. The van der Waals surface area contributed by atoms with Gasteiger partial charge in [0.1, 0.15) is 0 Å². The average molecular weight is 351 g/mol. The number of imide groups is 1. The molecule has 6 heteroatoms. The highest BCUT2D eigenvalue weighted by Crippen LogP contribution is 2.10. The molecule has 0 aromatic rings. The maximum Gasteiger partial charge on any atom is 0.290 e. The third kappa shape index (κ3) is 10.1. The molecule has 0 aromatic carbocycles. The Balaban J connectivity index is 0. The number of carbonyl (C=O) groups excluding carboxylic acids is 3. The molecule has 2 amide bonds. The van der Waals surface area contributed by atoms with Gasteiger partial charge in [0.25, 0.3) is 5.91 Å². The number of nitrogens with zero attached hydrogens (tertiary/aromatic N) is 1. The molecular weight excluding hydrogens is 324 g/mol. The molecule has 0 saturated carbocycles. The zero-order valence-corrected chi connectivity index (χ0v) is 14.4. The molecule has 1 N–H and O–H groups in total. The highest BCUT2D eigenvalue weighted by atomic mass is 79.9. The number of halogens is 1. The van der Waals surface area contributed by atoms with Crippen LogP contribution in [0.5, 0.6) is 0 Å². The number of nitrogens with one attached hydrogen (secondary N) is 1. The largest absolute Gasteiger partial charge is 1.00 e. The molecule has 0 rings (SSSR count). The summed E-state index contributed by atoms with van der Waals surface area (Å²) in [6.45, 7) is 7.11. The first kappa shape index (κ1) is 21.5. The van der Waals surface area contributed by atoms with E-state index in [0.717, 1.165) is 43.3 Å². The lowest BCUT2D eigenvalue weighted by Crippen LogP contribution is -3.00. The first-order valence-electron chi connectivity index (χ1n) is 7.10. The normalized spacial score (nSPS) is 10.6. The van der Waals surface area contributed by atoms with Gasteiger partial charge in [-0.3, -0.25) is 19.7 Å². The number of aldehydes is 1. The molecule has 0 unspecified atom stereocenters. The number of unbranched alkanes of at least 4 members (excludes halogenated alkanes) is 2. The van der Waals surface area contributed by atoms with Crippen LogP contribution in [0.15, 0.2) is 0 Å². The fourth-order valence-electron chi connectivity index (χ4n) is 2.02. The van der Waals surface area contributed by atoms with Crippen LogP contribution in [-0.4, -0.2) is 49.3 Å². The molecule has 0 aliphatic carbocycles. The van der Waals surface area contributed by atoms with E-state index in [1.165, 1.54) is 0 Å². The van der Waals surface area contributed by atoms with Crippen LogP contribution in [0.3, 0.4) is 0 Å². The number of rotatable bonds is 10. The molecular formula is C14H27BrN2O3. The summed E-state index contributed by atoms with van der Waals surface area (Å²) in [5.74, 6) is -1.23. The van der Waals surface area contributed by atoms with Crippen molar-refractivity contribution < 1.29 is 35.8 Å². The molecule has 0 aliphatic rings. The lowest BCUT2D eigenvalue weighted by atomic mass is 10.2. The van der Waals surface area contributed by atoms with Crippen LogP contribution in [0.2, 0.25) is 0 Å². The first-order chi connectivity index (χ1) is 8.97. The fourth-order valence-corrected chi connectivity index (χ4v) is 2.02. The third-order valence-corrected chi connectivity index (χ3v) is 3.35. The molecule has 0 atom stereocenters. The van der Waals surface area contributed by atoms with Crippen molar-refractivity contribution in [3.63, 3.8) is 0 Å². The van der Waals surface area contributed by atoms with Crippen molar-refractivity contribution in [3.05, 3.63) is 0 Å². The number of hydrogen-bond acceptors (Lipinski definition) is 3. The van der Waals surface area contributed by atoms with Gasteiger partial charge in [-0.1, -0.05) is 26.7 Å². The molecule has 0 radical (unpaired) electrons. The quantitative estimate of drug-likeness (QED) is 0.289. The number of hydrogen-bond donors (Lipinski definition) is 1. The Morgan fingerprint density at radius 1 is 1.05 bits per heavy atom. The monoisotopic (exact) mass is 350 g/mol. The minimum absolute atomic E-state index is 0. The second-order valence-corrected chi connectivity index (χ2v) is 5.28. The van der Waals surface area contributed by atoms with Crippen molar-refractivity contribution in [2.24, 2.45) is 0 Å². The van der Waals surface area contributed by atoms with Crippen molar-refractivity contribution in [1.29, 1.82) is 0 Å². The topological polar surface area (TPSA) is 63.2 Å². The maximum absolute atomic E-state index is 11.5. The Labute approximate surface area is 132 Å². The second kappa shape index (κ2) is 12.0. The standard InChI is InChI=1S/C14H26N2O3.BrH/c1-4-6-9-16(3,10-7-5-2)11-8-13(18)15-14(19)12-17;/h12H,4-11H2,1-3H3;1H. The van der Waals surface area contributed by atoms with E-state index in [4.69, 9.17) is 0 Å². The Morgan fingerprint density at radius 2 is 1.55 bits per heavy atom. The summed E-state index contributed by atoms with van der Waals surface area (Å²) >= 11 is 0. The average Bonchev–Trinajstić information content (AvgIpc) is 2.41. The van der Waals surface area contributed by atoms with Gasteiger partial charge < -0.3 is 21.5 Å². The summed E-state index contributed by atoms with van der Waals surface area (Å²) in [6.07, 6.45) is 4.94. The highest BCUT2D eigenvalue weighted by molar-refractivity contribution is 6.27. The molecule has 0 bridgehead atoms. The molecule has 118 valence electrons. The molecule has 0 fully saturated rings. The van der Waals surface area contributed by atoms with Crippen molar-refractivity contribution in [3.8, 4) is 0 Å². The van der Waals surface area contributed by atoms with Crippen molar-refractivity contribution in [2.75, 3.05) is 26.7 Å². The summed E-state index contributed by atoms with van der Waals surface area (Å²) in [5.41, 5.74) is 0. The van der Waals surface area contributed by atoms with Gasteiger partial charge in [-0.25, -0.2) is 0 Å². The van der Waals surface area contributed by atoms with Crippen LogP contribution in [0.4, 0.5) is 0 Å². The molecule has 0 heterocycles. The van der Waals surface area contributed by atoms with Gasteiger partial charge in [0, 0.05) is 0 Å². The van der Waals surface area contributed by atoms with Crippen molar-refractivity contribution in [2.45, 2.75) is 46.0 Å². The van der Waals surface area contributed by atoms with Crippen LogP contribution < -0.4 is 22.3 Å². The molecule has 0 aliphatic heterocycles. The van der Waals surface area contributed by atoms with Crippen molar-refractivity contribution >= 4 is 18.1 Å². The minimum Gasteiger partial charge on any atom is -1.00 e. The zero-order valence-electron chi connectivity index (χ0n) is 12.8. The second-order valence-electron chi connectivity index (χ2n) is 5.28. The first-order valence-corrected chi connectivity index (χ1v) is 7.10. The van der Waals surface area contributed by atoms with Crippen LogP contribution in [0, 0.1) is 0 Å². The molecule has 0 saturated heterocycles. The van der Waals surface area contributed by atoms with E-state index in [0.29, 0.717) is 6.54 Å². The van der Waals surface area contributed by atoms with Gasteiger partial charge in [0.2, 0.25) is 12.2 Å². The lowest BCUT2D eigenvalue weighted by molar-refractivity contribution is -0.909. The van der Waals surface area contributed by atoms with Crippen LogP contribution in [-0.2, 0) is 14.4 Å². The smallest absolute Gasteiger partial charge is 0.290 e. The van der Waals surface area contributed by atoms with Gasteiger partial charge in [0.05, 0.1) is 33.1 Å². The SMILES string of the molecule is CCCC[N+](C)(CCCC)CCC(=O)NC(=O)C=O.[Br-]. The maximum atomic E-state index is 11.5. The predicted molar refractivity (Wildman–Crippen MR) is 74.4 cm³/mol. The van der Waals surface area contributed by atoms with Gasteiger partial charge in [-0.15, -0.1) is 0 Å². The van der Waals surface area contributed by atoms with Crippen molar-refractivity contribution in [1.82, 2.24) is 5.32 Å². The van der Waals surface area contributed by atoms with E-state index in [2.05, 4.69) is 26.2 Å². The van der Waals surface area contributed by atoms with Gasteiger partial charge in [0.15, 0.2) is 0 Å². The van der Waals surface area contributed by atoms with Crippen LogP contribution >= 0.6 is 0 Å². The fraction of sp³-hybridized carbons (Fsp3) is 0.786. The van der Waals surface area contributed by atoms with Crippen LogP contribution in [0.25, 0.3) is 0 Å². The minimum atomic E-state index is -0.860. The van der Waals surface area contributed by atoms with Crippen LogP contribution in [0.1, 0.15) is 46.0 Å². The van der Waals surface area contributed by atoms with E-state index in [1.807, 2.05) is 0 Å². The summed E-state index contributed by atoms with van der Waals surface area (Å²) in [6, 6.07) is 0. The summed E-state index contributed by atoms with van der Waals surface area (Å²) in [5, 5.41) is 2.06.